The first-order chi connectivity index (χ1) is 14.9. The molecule has 0 aliphatic heterocycles. The van der Waals surface area contributed by atoms with E-state index >= 15 is 0 Å². The van der Waals surface area contributed by atoms with E-state index in [0.29, 0.717) is 23.2 Å². The average Bonchev–Trinajstić information content (AvgIpc) is 3.15. The normalized spacial score (nSPS) is 11.1. The predicted octanol–water partition coefficient (Wildman–Crippen LogP) is 6.25. The van der Waals surface area contributed by atoms with Gasteiger partial charge in [0, 0.05) is 11.3 Å². The topological polar surface area (TPSA) is 64.4 Å². The fourth-order valence-corrected chi connectivity index (χ4v) is 3.49. The minimum atomic E-state index is -0.213. The molecule has 0 fully saturated rings. The Morgan fingerprint density at radius 3 is 2.39 bits per heavy atom. The Hall–Kier alpha value is -3.60. The molecule has 0 aliphatic rings. The van der Waals surface area contributed by atoms with Crippen LogP contribution in [-0.2, 0) is 4.79 Å². The molecule has 0 spiro atoms. The number of benzene rings is 3. The van der Waals surface area contributed by atoms with Crippen LogP contribution in [0, 0.1) is 13.8 Å². The second-order valence-corrected chi connectivity index (χ2v) is 8.14. The van der Waals surface area contributed by atoms with E-state index in [9.17, 15) is 4.79 Å². The first-order valence-electron chi connectivity index (χ1n) is 10.4. The molecule has 3 aromatic carbocycles. The van der Waals surface area contributed by atoms with Crippen molar-refractivity contribution in [1.82, 2.24) is 4.98 Å². The van der Waals surface area contributed by atoms with Gasteiger partial charge >= 0.3 is 0 Å². The SMILES string of the molecule is Cc1cc(C)cc(OCC(=O)Nc2ccc(-c3nc4cc(C(C)C)ccc4o3)cc2)c1. The molecule has 0 atom stereocenters. The molecule has 31 heavy (non-hydrogen) atoms. The number of hydrogen-bond acceptors (Lipinski definition) is 4. The van der Waals surface area contributed by atoms with Gasteiger partial charge in [-0.15, -0.1) is 0 Å². The van der Waals surface area contributed by atoms with Crippen LogP contribution in [-0.4, -0.2) is 17.5 Å². The van der Waals surface area contributed by atoms with Gasteiger partial charge in [0.1, 0.15) is 11.3 Å². The fourth-order valence-electron chi connectivity index (χ4n) is 3.49. The number of rotatable bonds is 6. The number of amides is 1. The van der Waals surface area contributed by atoms with Crippen molar-refractivity contribution in [2.24, 2.45) is 0 Å². The second kappa shape index (κ2) is 8.64. The van der Waals surface area contributed by atoms with Crippen molar-refractivity contribution in [3.05, 3.63) is 77.4 Å². The van der Waals surface area contributed by atoms with Gasteiger partial charge in [-0.05, 0) is 85.0 Å². The molecule has 0 aliphatic carbocycles. The molecular formula is C26H26N2O3. The summed E-state index contributed by atoms with van der Waals surface area (Å²) in [7, 11) is 0. The number of aromatic nitrogens is 1. The van der Waals surface area contributed by atoms with Crippen LogP contribution in [0.4, 0.5) is 5.69 Å². The zero-order chi connectivity index (χ0) is 22.0. The third-order valence-corrected chi connectivity index (χ3v) is 5.06. The summed E-state index contributed by atoms with van der Waals surface area (Å²) in [6, 6.07) is 19.4. The van der Waals surface area contributed by atoms with Crippen LogP contribution in [0.3, 0.4) is 0 Å². The van der Waals surface area contributed by atoms with E-state index in [2.05, 4.69) is 42.3 Å². The molecule has 1 N–H and O–H groups in total. The quantitative estimate of drug-likeness (QED) is 0.405. The Balaban J connectivity index is 1.41. The highest BCUT2D eigenvalue weighted by atomic mass is 16.5. The maximum Gasteiger partial charge on any atom is 0.262 e. The number of anilines is 1. The summed E-state index contributed by atoms with van der Waals surface area (Å²) in [4.78, 5) is 16.9. The molecule has 0 unspecified atom stereocenters. The fraction of sp³-hybridized carbons (Fsp3) is 0.231. The van der Waals surface area contributed by atoms with Crippen molar-refractivity contribution in [2.45, 2.75) is 33.6 Å². The Morgan fingerprint density at radius 1 is 1.00 bits per heavy atom. The van der Waals surface area contributed by atoms with E-state index < -0.39 is 0 Å². The molecular weight excluding hydrogens is 388 g/mol. The largest absolute Gasteiger partial charge is 0.484 e. The van der Waals surface area contributed by atoms with Crippen LogP contribution in [0.25, 0.3) is 22.6 Å². The molecule has 4 rings (SSSR count). The summed E-state index contributed by atoms with van der Waals surface area (Å²) < 4.78 is 11.5. The van der Waals surface area contributed by atoms with Crippen molar-refractivity contribution in [3.63, 3.8) is 0 Å². The monoisotopic (exact) mass is 414 g/mol. The molecule has 1 aromatic heterocycles. The first kappa shape index (κ1) is 20.7. The number of carbonyl (C=O) groups excluding carboxylic acids is 1. The summed E-state index contributed by atoms with van der Waals surface area (Å²) in [5.41, 5.74) is 6.59. The van der Waals surface area contributed by atoms with E-state index in [1.807, 2.05) is 56.3 Å². The molecule has 0 bridgehead atoms. The zero-order valence-corrected chi connectivity index (χ0v) is 18.2. The van der Waals surface area contributed by atoms with E-state index in [1.54, 1.807) is 0 Å². The summed E-state index contributed by atoms with van der Waals surface area (Å²) in [6.45, 7) is 8.27. The van der Waals surface area contributed by atoms with Crippen LogP contribution in [0.2, 0.25) is 0 Å². The van der Waals surface area contributed by atoms with Crippen molar-refractivity contribution in [2.75, 3.05) is 11.9 Å². The van der Waals surface area contributed by atoms with E-state index in [0.717, 1.165) is 27.8 Å². The maximum atomic E-state index is 12.2. The molecule has 158 valence electrons. The highest BCUT2D eigenvalue weighted by Crippen LogP contribution is 2.27. The van der Waals surface area contributed by atoms with Crippen molar-refractivity contribution in [3.8, 4) is 17.2 Å². The maximum absolute atomic E-state index is 12.2. The number of aryl methyl sites for hydroxylation is 2. The van der Waals surface area contributed by atoms with E-state index in [-0.39, 0.29) is 12.5 Å². The van der Waals surface area contributed by atoms with Gasteiger partial charge in [0.25, 0.3) is 5.91 Å². The highest BCUT2D eigenvalue weighted by Gasteiger charge is 2.11. The van der Waals surface area contributed by atoms with Crippen LogP contribution < -0.4 is 10.1 Å². The van der Waals surface area contributed by atoms with Crippen molar-refractivity contribution < 1.29 is 13.9 Å². The van der Waals surface area contributed by atoms with Gasteiger partial charge in [-0.1, -0.05) is 26.0 Å². The minimum absolute atomic E-state index is 0.0477. The van der Waals surface area contributed by atoms with Crippen LogP contribution in [0.5, 0.6) is 5.75 Å². The second-order valence-electron chi connectivity index (χ2n) is 8.14. The Labute approximate surface area is 182 Å². The third kappa shape index (κ3) is 4.94. The summed E-state index contributed by atoms with van der Waals surface area (Å²) in [6.07, 6.45) is 0. The molecule has 4 aromatic rings. The Kier molecular flexibility index (Phi) is 5.76. The lowest BCUT2D eigenvalue weighted by Gasteiger charge is -2.09. The highest BCUT2D eigenvalue weighted by molar-refractivity contribution is 5.92. The van der Waals surface area contributed by atoms with Gasteiger partial charge in [0.2, 0.25) is 5.89 Å². The average molecular weight is 415 g/mol. The number of nitrogens with one attached hydrogen (secondary N) is 1. The Bertz CT molecular complexity index is 1200. The van der Waals surface area contributed by atoms with Gasteiger partial charge in [-0.2, -0.15) is 0 Å². The lowest BCUT2D eigenvalue weighted by molar-refractivity contribution is -0.118. The number of fused-ring (bicyclic) bond motifs is 1. The van der Waals surface area contributed by atoms with Crippen molar-refractivity contribution >= 4 is 22.7 Å². The molecule has 0 saturated carbocycles. The first-order valence-corrected chi connectivity index (χ1v) is 10.4. The third-order valence-electron chi connectivity index (χ3n) is 5.06. The molecule has 0 radical (unpaired) electrons. The number of carbonyl (C=O) groups is 1. The number of nitrogens with zero attached hydrogens (tertiary/aromatic N) is 1. The van der Waals surface area contributed by atoms with Crippen LogP contribution in [0.1, 0.15) is 36.5 Å². The molecule has 1 amide bonds. The minimum Gasteiger partial charge on any atom is -0.484 e. The van der Waals surface area contributed by atoms with Crippen LogP contribution in [0.15, 0.2) is 65.1 Å². The number of hydrogen-bond donors (Lipinski definition) is 1. The smallest absolute Gasteiger partial charge is 0.262 e. The van der Waals surface area contributed by atoms with Gasteiger partial charge in [0.15, 0.2) is 12.2 Å². The summed E-state index contributed by atoms with van der Waals surface area (Å²) >= 11 is 0. The Morgan fingerprint density at radius 2 is 1.71 bits per heavy atom. The lowest BCUT2D eigenvalue weighted by Crippen LogP contribution is -2.20. The van der Waals surface area contributed by atoms with Gasteiger partial charge in [-0.25, -0.2) is 4.98 Å². The van der Waals surface area contributed by atoms with Gasteiger partial charge in [0.05, 0.1) is 0 Å². The number of ether oxygens (including phenoxy) is 1. The summed E-state index contributed by atoms with van der Waals surface area (Å²) in [5, 5.41) is 2.85. The molecule has 1 heterocycles. The van der Waals surface area contributed by atoms with E-state index in [1.165, 1.54) is 5.56 Å². The molecule has 5 nitrogen and oxygen atoms in total. The zero-order valence-electron chi connectivity index (χ0n) is 18.2. The summed E-state index contributed by atoms with van der Waals surface area (Å²) in [5.74, 6) is 1.48. The van der Waals surface area contributed by atoms with E-state index in [4.69, 9.17) is 9.15 Å². The number of oxazole rings is 1. The predicted molar refractivity (Wildman–Crippen MR) is 124 cm³/mol. The van der Waals surface area contributed by atoms with Crippen LogP contribution >= 0.6 is 0 Å². The standard InChI is InChI=1S/C26H26N2O3/c1-16(2)20-7-10-24-23(14-20)28-26(31-24)19-5-8-21(9-6-19)27-25(29)15-30-22-12-17(3)11-18(4)13-22/h5-14,16H,15H2,1-4H3,(H,27,29). The molecule has 5 heteroatoms. The van der Waals surface area contributed by atoms with Gasteiger partial charge < -0.3 is 14.5 Å². The lowest BCUT2D eigenvalue weighted by atomic mass is 10.0. The van der Waals surface area contributed by atoms with Gasteiger partial charge in [-0.3, -0.25) is 4.79 Å². The van der Waals surface area contributed by atoms with Crippen molar-refractivity contribution in [1.29, 1.82) is 0 Å². The molecule has 0 saturated heterocycles.